The molecule has 14 heavy (non-hydrogen) atoms. The van der Waals surface area contributed by atoms with Crippen LogP contribution in [0.1, 0.15) is 0 Å². The van der Waals surface area contributed by atoms with Gasteiger partial charge in [-0.25, -0.2) is 13.6 Å². The monoisotopic (exact) mass is 216 g/mol. The second-order valence-corrected chi connectivity index (χ2v) is 4.16. The maximum absolute atomic E-state index is 11.1. The first-order valence-corrected chi connectivity index (χ1v) is 5.55. The summed E-state index contributed by atoms with van der Waals surface area (Å²) in [5.41, 5.74) is 5.23. The SMILES string of the molecule is NCCOc1ccccc1S(N)(=O)=O. The smallest absolute Gasteiger partial charge is 0.241 e. The zero-order valence-corrected chi connectivity index (χ0v) is 8.33. The molecule has 0 aliphatic heterocycles. The van der Waals surface area contributed by atoms with Crippen molar-refractivity contribution in [3.8, 4) is 5.75 Å². The Morgan fingerprint density at radius 2 is 1.93 bits per heavy atom. The standard InChI is InChI=1S/C8H12N2O3S/c9-5-6-13-7-3-1-2-4-8(7)14(10,11)12/h1-4H,5-6,9H2,(H2,10,11,12). The molecule has 0 bridgehead atoms. The van der Waals surface area contributed by atoms with Crippen LogP contribution in [0.15, 0.2) is 29.2 Å². The molecule has 4 N–H and O–H groups in total. The highest BCUT2D eigenvalue weighted by Gasteiger charge is 2.13. The lowest BCUT2D eigenvalue weighted by atomic mass is 10.3. The average molecular weight is 216 g/mol. The molecule has 0 aliphatic carbocycles. The summed E-state index contributed by atoms with van der Waals surface area (Å²) in [5.74, 6) is 0.237. The van der Waals surface area contributed by atoms with Crippen LogP contribution in [0.3, 0.4) is 0 Å². The van der Waals surface area contributed by atoms with E-state index < -0.39 is 10.0 Å². The summed E-state index contributed by atoms with van der Waals surface area (Å²) in [4.78, 5) is -0.0200. The maximum Gasteiger partial charge on any atom is 0.241 e. The minimum absolute atomic E-state index is 0.0200. The Morgan fingerprint density at radius 1 is 1.29 bits per heavy atom. The van der Waals surface area contributed by atoms with Crippen LogP contribution in [0.4, 0.5) is 0 Å². The van der Waals surface area contributed by atoms with Crippen LogP contribution in [0.5, 0.6) is 5.75 Å². The van der Waals surface area contributed by atoms with Crippen molar-refractivity contribution in [1.29, 1.82) is 0 Å². The van der Waals surface area contributed by atoms with Crippen molar-refractivity contribution in [3.05, 3.63) is 24.3 Å². The number of sulfonamides is 1. The zero-order valence-electron chi connectivity index (χ0n) is 7.51. The zero-order chi connectivity index (χ0) is 10.6. The van der Waals surface area contributed by atoms with Crippen molar-refractivity contribution in [2.24, 2.45) is 10.9 Å². The van der Waals surface area contributed by atoms with Crippen molar-refractivity contribution in [2.45, 2.75) is 4.90 Å². The number of nitrogens with two attached hydrogens (primary N) is 2. The van der Waals surface area contributed by atoms with Crippen LogP contribution in [0.25, 0.3) is 0 Å². The van der Waals surface area contributed by atoms with Crippen LogP contribution in [0, 0.1) is 0 Å². The summed E-state index contributed by atoms with van der Waals surface area (Å²) in [7, 11) is -3.73. The molecule has 5 nitrogen and oxygen atoms in total. The van der Waals surface area contributed by atoms with E-state index in [0.717, 1.165) is 0 Å². The Kier molecular flexibility index (Phi) is 3.45. The molecule has 78 valence electrons. The van der Waals surface area contributed by atoms with Gasteiger partial charge in [-0.2, -0.15) is 0 Å². The van der Waals surface area contributed by atoms with E-state index in [-0.39, 0.29) is 17.3 Å². The van der Waals surface area contributed by atoms with Crippen molar-refractivity contribution in [3.63, 3.8) is 0 Å². The van der Waals surface area contributed by atoms with Gasteiger partial charge in [0.2, 0.25) is 10.0 Å². The third-order valence-corrected chi connectivity index (χ3v) is 2.48. The first-order valence-electron chi connectivity index (χ1n) is 4.00. The van der Waals surface area contributed by atoms with Crippen LogP contribution >= 0.6 is 0 Å². The molecule has 0 fully saturated rings. The van der Waals surface area contributed by atoms with E-state index in [1.54, 1.807) is 12.1 Å². The van der Waals surface area contributed by atoms with Crippen LogP contribution in [-0.2, 0) is 10.0 Å². The summed E-state index contributed by atoms with van der Waals surface area (Å²) in [6.45, 7) is 0.575. The highest BCUT2D eigenvalue weighted by Crippen LogP contribution is 2.21. The van der Waals surface area contributed by atoms with Gasteiger partial charge < -0.3 is 10.5 Å². The number of para-hydroxylation sites is 1. The normalized spacial score (nSPS) is 11.3. The van der Waals surface area contributed by atoms with E-state index in [2.05, 4.69) is 0 Å². The third-order valence-electron chi connectivity index (χ3n) is 1.53. The lowest BCUT2D eigenvalue weighted by Crippen LogP contribution is -2.16. The molecule has 0 aliphatic rings. The summed E-state index contributed by atoms with van der Waals surface area (Å²) < 4.78 is 27.3. The van der Waals surface area contributed by atoms with Gasteiger partial charge in [-0.1, -0.05) is 12.1 Å². The number of ether oxygens (including phenoxy) is 1. The van der Waals surface area contributed by atoms with Crippen LogP contribution in [0.2, 0.25) is 0 Å². The summed E-state index contributed by atoms with van der Waals surface area (Å²) in [5, 5.41) is 4.99. The molecule has 6 heteroatoms. The molecule has 0 unspecified atom stereocenters. The van der Waals surface area contributed by atoms with Gasteiger partial charge in [0.25, 0.3) is 0 Å². The summed E-state index contributed by atoms with van der Waals surface area (Å²) >= 11 is 0. The molecule has 0 saturated carbocycles. The van der Waals surface area contributed by atoms with Gasteiger partial charge >= 0.3 is 0 Å². The molecule has 1 aromatic rings. The molecule has 0 radical (unpaired) electrons. The van der Waals surface area contributed by atoms with E-state index in [0.29, 0.717) is 6.54 Å². The molecule has 0 saturated heterocycles. The molecular weight excluding hydrogens is 204 g/mol. The Labute approximate surface area is 82.7 Å². The summed E-state index contributed by atoms with van der Waals surface area (Å²) in [6.07, 6.45) is 0. The molecule has 1 rings (SSSR count). The second kappa shape index (κ2) is 4.41. The highest BCUT2D eigenvalue weighted by molar-refractivity contribution is 7.89. The molecule has 1 aromatic carbocycles. The highest BCUT2D eigenvalue weighted by atomic mass is 32.2. The summed E-state index contributed by atoms with van der Waals surface area (Å²) in [6, 6.07) is 6.17. The Bertz CT molecular complexity index is 403. The van der Waals surface area contributed by atoms with E-state index in [4.69, 9.17) is 15.6 Å². The molecule has 0 atom stereocenters. The predicted octanol–water partition coefficient (Wildman–Crippen LogP) is -0.328. The van der Waals surface area contributed by atoms with Crippen molar-refractivity contribution in [2.75, 3.05) is 13.2 Å². The topological polar surface area (TPSA) is 95.4 Å². The Hall–Kier alpha value is -1.11. The first kappa shape index (κ1) is 11.0. The van der Waals surface area contributed by atoms with Crippen molar-refractivity contribution >= 4 is 10.0 Å². The van der Waals surface area contributed by atoms with Crippen LogP contribution in [-0.4, -0.2) is 21.6 Å². The van der Waals surface area contributed by atoms with Gasteiger partial charge in [-0.15, -0.1) is 0 Å². The maximum atomic E-state index is 11.1. The van der Waals surface area contributed by atoms with Gasteiger partial charge in [-0.05, 0) is 12.1 Å². The number of rotatable bonds is 4. The number of benzene rings is 1. The fourth-order valence-electron chi connectivity index (χ4n) is 0.973. The molecule has 0 heterocycles. The number of primary sulfonamides is 1. The molecule has 0 spiro atoms. The fourth-order valence-corrected chi connectivity index (χ4v) is 1.65. The number of hydrogen-bond donors (Lipinski definition) is 2. The minimum atomic E-state index is -3.73. The quantitative estimate of drug-likeness (QED) is 0.720. The lowest BCUT2D eigenvalue weighted by Gasteiger charge is -2.08. The lowest BCUT2D eigenvalue weighted by molar-refractivity contribution is 0.320. The van der Waals surface area contributed by atoms with Gasteiger partial charge in [0.05, 0.1) is 0 Å². The van der Waals surface area contributed by atoms with Gasteiger partial charge in [0.15, 0.2) is 0 Å². The van der Waals surface area contributed by atoms with Gasteiger partial charge in [-0.3, -0.25) is 0 Å². The molecule has 0 aromatic heterocycles. The average Bonchev–Trinajstić information content (AvgIpc) is 2.14. The van der Waals surface area contributed by atoms with Gasteiger partial charge in [0.1, 0.15) is 17.3 Å². The van der Waals surface area contributed by atoms with Crippen molar-refractivity contribution < 1.29 is 13.2 Å². The Balaban J connectivity index is 3.04. The molecular formula is C8H12N2O3S. The first-order chi connectivity index (χ1) is 6.55. The van der Waals surface area contributed by atoms with E-state index >= 15 is 0 Å². The predicted molar refractivity (Wildman–Crippen MR) is 52.4 cm³/mol. The third kappa shape index (κ3) is 2.69. The van der Waals surface area contributed by atoms with Crippen molar-refractivity contribution in [1.82, 2.24) is 0 Å². The van der Waals surface area contributed by atoms with Gasteiger partial charge in [0, 0.05) is 6.54 Å². The van der Waals surface area contributed by atoms with E-state index in [1.807, 2.05) is 0 Å². The molecule has 0 amide bonds. The number of hydrogen-bond acceptors (Lipinski definition) is 4. The Morgan fingerprint density at radius 3 is 2.50 bits per heavy atom. The largest absolute Gasteiger partial charge is 0.491 e. The minimum Gasteiger partial charge on any atom is -0.491 e. The van der Waals surface area contributed by atoms with Crippen LogP contribution < -0.4 is 15.6 Å². The van der Waals surface area contributed by atoms with E-state index in [1.165, 1.54) is 12.1 Å². The second-order valence-electron chi connectivity index (χ2n) is 2.63. The fraction of sp³-hybridized carbons (Fsp3) is 0.250. The van der Waals surface area contributed by atoms with E-state index in [9.17, 15) is 8.42 Å².